The summed E-state index contributed by atoms with van der Waals surface area (Å²) in [6.45, 7) is 0. The predicted molar refractivity (Wildman–Crippen MR) is 81.3 cm³/mol. The van der Waals surface area contributed by atoms with Crippen molar-refractivity contribution >= 4 is 23.5 Å². The van der Waals surface area contributed by atoms with Crippen molar-refractivity contribution in [2.24, 2.45) is 0 Å². The Morgan fingerprint density at radius 3 is 2.28 bits per heavy atom. The first-order valence-corrected chi connectivity index (χ1v) is 7.09. The highest BCUT2D eigenvalue weighted by molar-refractivity contribution is 6.32. The Morgan fingerprint density at radius 2 is 1.76 bits per heavy atom. The Labute approximate surface area is 144 Å². The standard InChI is InChI=1S/C16H10ClF3O5/c17-11-6-8(16(18,19)20)4-5-13(11)25-12-3-1-2-9(15(23)24)10(12)7-14(21)22/h1-6H,7H2,(H,21,22)(H,23,24). The fourth-order valence-corrected chi connectivity index (χ4v) is 2.29. The minimum atomic E-state index is -4.58. The summed E-state index contributed by atoms with van der Waals surface area (Å²) in [6, 6.07) is 6.21. The lowest BCUT2D eigenvalue weighted by Crippen LogP contribution is -2.09. The fraction of sp³-hybridized carbons (Fsp3) is 0.125. The van der Waals surface area contributed by atoms with Crippen molar-refractivity contribution in [1.82, 2.24) is 0 Å². The number of ether oxygens (including phenoxy) is 1. The van der Waals surface area contributed by atoms with Crippen LogP contribution in [-0.2, 0) is 17.4 Å². The number of alkyl halides is 3. The minimum Gasteiger partial charge on any atom is -0.481 e. The van der Waals surface area contributed by atoms with Gasteiger partial charge in [0.2, 0.25) is 0 Å². The van der Waals surface area contributed by atoms with E-state index in [1.807, 2.05) is 0 Å². The second-order valence-electron chi connectivity index (χ2n) is 4.90. The third kappa shape index (κ3) is 4.42. The van der Waals surface area contributed by atoms with Crippen LogP contribution in [0.25, 0.3) is 0 Å². The number of carboxylic acid groups (broad SMARTS) is 2. The maximum atomic E-state index is 12.6. The van der Waals surface area contributed by atoms with Crippen molar-refractivity contribution in [3.63, 3.8) is 0 Å². The van der Waals surface area contributed by atoms with Gasteiger partial charge in [0, 0.05) is 5.56 Å². The first kappa shape index (κ1) is 18.6. The van der Waals surface area contributed by atoms with E-state index >= 15 is 0 Å². The summed E-state index contributed by atoms with van der Waals surface area (Å²) < 4.78 is 43.3. The lowest BCUT2D eigenvalue weighted by molar-refractivity contribution is -0.138. The van der Waals surface area contributed by atoms with Crippen molar-refractivity contribution in [3.05, 3.63) is 58.1 Å². The van der Waals surface area contributed by atoms with E-state index in [4.69, 9.17) is 26.6 Å². The van der Waals surface area contributed by atoms with Crippen LogP contribution in [0, 0.1) is 0 Å². The van der Waals surface area contributed by atoms with Gasteiger partial charge < -0.3 is 14.9 Å². The fourth-order valence-electron chi connectivity index (χ4n) is 2.07. The molecule has 0 spiro atoms. The minimum absolute atomic E-state index is 0.121. The molecule has 0 saturated carbocycles. The third-order valence-electron chi connectivity index (χ3n) is 3.17. The molecule has 2 aromatic carbocycles. The van der Waals surface area contributed by atoms with Crippen LogP contribution >= 0.6 is 11.6 Å². The second kappa shape index (κ2) is 7.02. The van der Waals surface area contributed by atoms with E-state index in [1.54, 1.807) is 0 Å². The van der Waals surface area contributed by atoms with Gasteiger partial charge in [-0.3, -0.25) is 4.79 Å². The molecule has 25 heavy (non-hydrogen) atoms. The van der Waals surface area contributed by atoms with Crippen LogP contribution in [0.5, 0.6) is 11.5 Å². The zero-order valence-corrected chi connectivity index (χ0v) is 13.1. The lowest BCUT2D eigenvalue weighted by Gasteiger charge is -2.14. The molecule has 0 saturated heterocycles. The molecule has 2 aromatic rings. The molecule has 2 N–H and O–H groups in total. The first-order valence-electron chi connectivity index (χ1n) is 6.71. The lowest BCUT2D eigenvalue weighted by atomic mass is 10.0. The van der Waals surface area contributed by atoms with Gasteiger partial charge in [-0.2, -0.15) is 13.2 Å². The molecule has 0 unspecified atom stereocenters. The maximum absolute atomic E-state index is 12.6. The van der Waals surface area contributed by atoms with Gasteiger partial charge in [-0.1, -0.05) is 17.7 Å². The van der Waals surface area contributed by atoms with Gasteiger partial charge in [-0.05, 0) is 30.3 Å². The largest absolute Gasteiger partial charge is 0.481 e. The zero-order chi connectivity index (χ0) is 18.8. The number of hydrogen-bond donors (Lipinski definition) is 2. The van der Waals surface area contributed by atoms with Gasteiger partial charge in [0.1, 0.15) is 11.5 Å². The summed E-state index contributed by atoms with van der Waals surface area (Å²) in [7, 11) is 0. The highest BCUT2D eigenvalue weighted by Crippen LogP contribution is 2.37. The Bertz CT molecular complexity index is 833. The first-order chi connectivity index (χ1) is 11.6. The summed E-state index contributed by atoms with van der Waals surface area (Å²) in [4.78, 5) is 22.2. The van der Waals surface area contributed by atoms with Crippen LogP contribution in [0.2, 0.25) is 5.02 Å². The quantitative estimate of drug-likeness (QED) is 0.806. The molecule has 0 aliphatic rings. The number of aliphatic carboxylic acids is 1. The summed E-state index contributed by atoms with van der Waals surface area (Å²) in [5.74, 6) is -2.94. The van der Waals surface area contributed by atoms with Crippen LogP contribution in [0.4, 0.5) is 13.2 Å². The normalized spacial score (nSPS) is 11.2. The van der Waals surface area contributed by atoms with E-state index < -0.39 is 30.1 Å². The molecular weight excluding hydrogens is 365 g/mol. The molecule has 0 radical (unpaired) electrons. The summed E-state index contributed by atoms with van der Waals surface area (Å²) >= 11 is 5.79. The van der Waals surface area contributed by atoms with Gasteiger partial charge in [0.15, 0.2) is 0 Å². The van der Waals surface area contributed by atoms with Crippen molar-refractivity contribution in [2.75, 3.05) is 0 Å². The van der Waals surface area contributed by atoms with Gasteiger partial charge in [-0.15, -0.1) is 0 Å². The van der Waals surface area contributed by atoms with Crippen LogP contribution in [-0.4, -0.2) is 22.2 Å². The van der Waals surface area contributed by atoms with Crippen molar-refractivity contribution in [2.45, 2.75) is 12.6 Å². The van der Waals surface area contributed by atoms with Gasteiger partial charge in [0.05, 0.1) is 22.6 Å². The van der Waals surface area contributed by atoms with Gasteiger partial charge >= 0.3 is 18.1 Å². The van der Waals surface area contributed by atoms with E-state index in [0.29, 0.717) is 6.07 Å². The van der Waals surface area contributed by atoms with E-state index in [-0.39, 0.29) is 27.6 Å². The van der Waals surface area contributed by atoms with Crippen molar-refractivity contribution < 1.29 is 37.7 Å². The molecule has 2 rings (SSSR count). The van der Waals surface area contributed by atoms with E-state index in [0.717, 1.165) is 12.1 Å². The molecule has 0 bridgehead atoms. The predicted octanol–water partition coefficient (Wildman–Crippen LogP) is 4.48. The average molecular weight is 375 g/mol. The highest BCUT2D eigenvalue weighted by atomic mass is 35.5. The highest BCUT2D eigenvalue weighted by Gasteiger charge is 2.31. The molecule has 0 aliphatic carbocycles. The topological polar surface area (TPSA) is 83.8 Å². The number of benzene rings is 2. The number of hydrogen-bond acceptors (Lipinski definition) is 3. The molecule has 132 valence electrons. The van der Waals surface area contributed by atoms with Crippen molar-refractivity contribution in [1.29, 1.82) is 0 Å². The van der Waals surface area contributed by atoms with E-state index in [9.17, 15) is 22.8 Å². The number of carboxylic acids is 2. The molecule has 0 fully saturated rings. The maximum Gasteiger partial charge on any atom is 0.416 e. The summed E-state index contributed by atoms with van der Waals surface area (Å²) in [5.41, 5.74) is -1.39. The van der Waals surface area contributed by atoms with Gasteiger partial charge in [-0.25, -0.2) is 4.79 Å². The number of aromatic carboxylic acids is 1. The Kier molecular flexibility index (Phi) is 5.22. The second-order valence-corrected chi connectivity index (χ2v) is 5.31. The Balaban J connectivity index is 2.45. The third-order valence-corrected chi connectivity index (χ3v) is 3.47. The molecule has 0 aromatic heterocycles. The van der Waals surface area contributed by atoms with Crippen molar-refractivity contribution in [3.8, 4) is 11.5 Å². The average Bonchev–Trinajstić information content (AvgIpc) is 2.49. The number of carbonyl (C=O) groups is 2. The smallest absolute Gasteiger partial charge is 0.416 e. The molecule has 0 atom stereocenters. The number of rotatable bonds is 5. The molecule has 9 heteroatoms. The molecular formula is C16H10ClF3O5. The number of halogens is 4. The van der Waals surface area contributed by atoms with E-state index in [2.05, 4.69) is 0 Å². The van der Waals surface area contributed by atoms with Crippen LogP contribution in [0.15, 0.2) is 36.4 Å². The van der Waals surface area contributed by atoms with Crippen LogP contribution < -0.4 is 4.74 Å². The molecule has 0 amide bonds. The van der Waals surface area contributed by atoms with Crippen LogP contribution in [0.3, 0.4) is 0 Å². The van der Waals surface area contributed by atoms with Crippen LogP contribution in [0.1, 0.15) is 21.5 Å². The zero-order valence-electron chi connectivity index (χ0n) is 12.3. The SMILES string of the molecule is O=C(O)Cc1c(Oc2ccc(C(F)(F)F)cc2Cl)cccc1C(=O)O. The molecule has 0 aliphatic heterocycles. The summed E-state index contributed by atoms with van der Waals surface area (Å²) in [6.07, 6.45) is -5.23. The summed E-state index contributed by atoms with van der Waals surface area (Å²) in [5, 5.41) is 17.7. The Hall–Kier alpha value is -2.74. The van der Waals surface area contributed by atoms with E-state index in [1.165, 1.54) is 18.2 Å². The molecule has 5 nitrogen and oxygen atoms in total. The van der Waals surface area contributed by atoms with Gasteiger partial charge in [0.25, 0.3) is 0 Å². The molecule has 0 heterocycles. The monoisotopic (exact) mass is 374 g/mol. The Morgan fingerprint density at radius 1 is 1.08 bits per heavy atom.